The van der Waals surface area contributed by atoms with Crippen LogP contribution >= 0.6 is 0 Å². The van der Waals surface area contributed by atoms with Crippen LogP contribution in [0.1, 0.15) is 6.42 Å². The quantitative estimate of drug-likeness (QED) is 0.530. The van der Waals surface area contributed by atoms with E-state index in [0.29, 0.717) is 19.5 Å². The summed E-state index contributed by atoms with van der Waals surface area (Å²) in [5.41, 5.74) is 4.53. The van der Waals surface area contributed by atoms with Gasteiger partial charge >= 0.3 is 0 Å². The fourth-order valence-corrected chi connectivity index (χ4v) is 1.34. The number of amides is 1. The van der Waals surface area contributed by atoms with Gasteiger partial charge in [0, 0.05) is 19.6 Å². The molecule has 1 fully saturated rings. The molecular formula is C8H14N3O. The topological polar surface area (TPSA) is 69.2 Å². The Balaban J connectivity index is 2.69. The first-order valence-electron chi connectivity index (χ1n) is 4.01. The molecule has 0 spiro atoms. The van der Waals surface area contributed by atoms with Crippen molar-refractivity contribution >= 4 is 5.91 Å². The molecule has 1 amide bonds. The molecule has 1 atom stereocenters. The average Bonchev–Trinajstić information content (AvgIpc) is 2.06. The molecule has 0 saturated carbocycles. The molecule has 0 aromatic rings. The molecule has 1 saturated heterocycles. The van der Waals surface area contributed by atoms with E-state index in [9.17, 15) is 4.79 Å². The van der Waals surface area contributed by atoms with Gasteiger partial charge in [-0.3, -0.25) is 4.79 Å². The summed E-state index contributed by atoms with van der Waals surface area (Å²) in [7, 11) is 0. The fourth-order valence-electron chi connectivity index (χ4n) is 1.34. The Morgan fingerprint density at radius 3 is 3.00 bits per heavy atom. The Bertz CT molecular complexity index is 185. The third-order valence-corrected chi connectivity index (χ3v) is 2.06. The molecule has 0 aromatic heterocycles. The smallest absolute Gasteiger partial charge is 0.240 e. The Morgan fingerprint density at radius 1 is 1.83 bits per heavy atom. The number of piperazine rings is 1. The van der Waals surface area contributed by atoms with Gasteiger partial charge in [-0.05, 0) is 6.42 Å². The largest absolute Gasteiger partial charge is 0.368 e. The monoisotopic (exact) mass is 168 g/mol. The van der Waals surface area contributed by atoms with Crippen molar-refractivity contribution in [2.75, 3.05) is 19.6 Å². The Kier molecular flexibility index (Phi) is 2.83. The van der Waals surface area contributed by atoms with Gasteiger partial charge in [0.05, 0.1) is 0 Å². The summed E-state index contributed by atoms with van der Waals surface area (Å²) in [6.07, 6.45) is 2.20. The highest BCUT2D eigenvalue weighted by atomic mass is 16.1. The van der Waals surface area contributed by atoms with Crippen molar-refractivity contribution in [3.8, 4) is 0 Å². The van der Waals surface area contributed by atoms with Crippen LogP contribution in [0.5, 0.6) is 0 Å². The zero-order valence-corrected chi connectivity index (χ0v) is 7.05. The summed E-state index contributed by atoms with van der Waals surface area (Å²) < 4.78 is 0. The van der Waals surface area contributed by atoms with Crippen LogP contribution in [-0.2, 0) is 4.79 Å². The molecule has 0 aliphatic carbocycles. The standard InChI is InChI=1S/C8H14N3O/c1-2-3-8(7(9)12)6-10-4-5-11-8/h2,10H,1,3-6H2,(H2,9,12). The molecule has 1 radical (unpaired) electrons. The van der Waals surface area contributed by atoms with E-state index in [0.717, 1.165) is 6.54 Å². The van der Waals surface area contributed by atoms with Crippen molar-refractivity contribution in [2.45, 2.75) is 12.0 Å². The van der Waals surface area contributed by atoms with Crippen LogP contribution in [0.25, 0.3) is 0 Å². The van der Waals surface area contributed by atoms with Crippen LogP contribution in [0.3, 0.4) is 0 Å². The van der Waals surface area contributed by atoms with Gasteiger partial charge in [0.25, 0.3) is 0 Å². The summed E-state index contributed by atoms with van der Waals surface area (Å²) >= 11 is 0. The minimum absolute atomic E-state index is 0.366. The van der Waals surface area contributed by atoms with Crippen LogP contribution in [0.15, 0.2) is 12.7 Å². The van der Waals surface area contributed by atoms with Crippen molar-refractivity contribution in [2.24, 2.45) is 5.73 Å². The highest BCUT2D eigenvalue weighted by molar-refractivity contribution is 5.85. The number of primary amides is 1. The predicted molar refractivity (Wildman–Crippen MR) is 46.6 cm³/mol. The number of nitrogens with one attached hydrogen (secondary N) is 1. The summed E-state index contributed by atoms with van der Waals surface area (Å²) in [5, 5.41) is 7.34. The van der Waals surface area contributed by atoms with E-state index in [1.807, 2.05) is 0 Å². The van der Waals surface area contributed by atoms with Crippen LogP contribution < -0.4 is 16.4 Å². The van der Waals surface area contributed by atoms with Crippen molar-refractivity contribution in [1.82, 2.24) is 10.6 Å². The minimum Gasteiger partial charge on any atom is -0.368 e. The number of hydrogen-bond donors (Lipinski definition) is 2. The lowest BCUT2D eigenvalue weighted by Crippen LogP contribution is -2.62. The first-order valence-corrected chi connectivity index (χ1v) is 4.01. The van der Waals surface area contributed by atoms with Crippen LogP contribution in [0.4, 0.5) is 0 Å². The molecule has 1 heterocycles. The molecule has 0 aromatic carbocycles. The molecule has 1 aliphatic heterocycles. The van der Waals surface area contributed by atoms with Gasteiger partial charge in [-0.2, -0.15) is 0 Å². The van der Waals surface area contributed by atoms with E-state index < -0.39 is 5.54 Å². The van der Waals surface area contributed by atoms with Crippen molar-refractivity contribution < 1.29 is 4.79 Å². The zero-order valence-electron chi connectivity index (χ0n) is 7.05. The van der Waals surface area contributed by atoms with Gasteiger partial charge in [0.2, 0.25) is 5.91 Å². The third-order valence-electron chi connectivity index (χ3n) is 2.06. The third kappa shape index (κ3) is 1.65. The lowest BCUT2D eigenvalue weighted by atomic mass is 9.92. The summed E-state index contributed by atoms with van der Waals surface area (Å²) in [4.78, 5) is 11.1. The zero-order chi connectivity index (χ0) is 9.03. The second kappa shape index (κ2) is 3.69. The highest BCUT2D eigenvalue weighted by Gasteiger charge is 2.37. The maximum atomic E-state index is 11.1. The molecular weight excluding hydrogens is 154 g/mol. The Morgan fingerprint density at radius 2 is 2.58 bits per heavy atom. The number of hydrogen-bond acceptors (Lipinski definition) is 2. The highest BCUT2D eigenvalue weighted by Crippen LogP contribution is 2.13. The van der Waals surface area contributed by atoms with Gasteiger partial charge in [-0.15, -0.1) is 6.58 Å². The summed E-state index contributed by atoms with van der Waals surface area (Å²) in [6, 6.07) is 0. The minimum atomic E-state index is -0.736. The number of nitrogens with two attached hydrogens (primary N) is 1. The molecule has 1 unspecified atom stereocenters. The maximum Gasteiger partial charge on any atom is 0.240 e. The Hall–Kier alpha value is -0.870. The molecule has 1 rings (SSSR count). The van der Waals surface area contributed by atoms with Gasteiger partial charge in [0.15, 0.2) is 0 Å². The molecule has 12 heavy (non-hydrogen) atoms. The van der Waals surface area contributed by atoms with Gasteiger partial charge in [-0.1, -0.05) is 6.08 Å². The molecule has 0 bridgehead atoms. The first-order chi connectivity index (χ1) is 5.71. The van der Waals surface area contributed by atoms with Crippen molar-refractivity contribution in [3.05, 3.63) is 12.7 Å². The fraction of sp³-hybridized carbons (Fsp3) is 0.625. The lowest BCUT2D eigenvalue weighted by molar-refractivity contribution is -0.124. The second-order valence-corrected chi connectivity index (χ2v) is 2.95. The molecule has 67 valence electrons. The average molecular weight is 168 g/mol. The number of carbonyl (C=O) groups is 1. The van der Waals surface area contributed by atoms with E-state index in [4.69, 9.17) is 5.73 Å². The summed E-state index contributed by atoms with van der Waals surface area (Å²) in [6.45, 7) is 5.60. The Labute approximate surface area is 72.2 Å². The van der Waals surface area contributed by atoms with Gasteiger partial charge in [-0.25, -0.2) is 5.32 Å². The lowest BCUT2D eigenvalue weighted by Gasteiger charge is -2.33. The van der Waals surface area contributed by atoms with Gasteiger partial charge < -0.3 is 11.1 Å². The van der Waals surface area contributed by atoms with E-state index in [2.05, 4.69) is 17.2 Å². The van der Waals surface area contributed by atoms with Crippen LogP contribution in [0, 0.1) is 0 Å². The van der Waals surface area contributed by atoms with E-state index in [-0.39, 0.29) is 5.91 Å². The summed E-state index contributed by atoms with van der Waals surface area (Å²) in [5.74, 6) is -0.366. The number of rotatable bonds is 3. The van der Waals surface area contributed by atoms with Crippen LogP contribution in [-0.4, -0.2) is 31.1 Å². The molecule has 1 aliphatic rings. The van der Waals surface area contributed by atoms with E-state index in [1.54, 1.807) is 6.08 Å². The van der Waals surface area contributed by atoms with Crippen LogP contribution in [0.2, 0.25) is 0 Å². The molecule has 4 nitrogen and oxygen atoms in total. The van der Waals surface area contributed by atoms with Gasteiger partial charge in [0.1, 0.15) is 5.54 Å². The molecule has 4 heteroatoms. The normalized spacial score (nSPS) is 29.7. The predicted octanol–water partition coefficient (Wildman–Crippen LogP) is -1.01. The molecule has 3 N–H and O–H groups in total. The second-order valence-electron chi connectivity index (χ2n) is 2.95. The SMILES string of the molecule is C=CCC1(C(N)=O)CNCC[N]1. The van der Waals surface area contributed by atoms with Crippen molar-refractivity contribution in [1.29, 1.82) is 0 Å². The number of nitrogens with zero attached hydrogens (tertiary/aromatic N) is 1. The van der Waals surface area contributed by atoms with Crippen molar-refractivity contribution in [3.63, 3.8) is 0 Å². The maximum absolute atomic E-state index is 11.1. The number of carbonyl (C=O) groups excluding carboxylic acids is 1. The van der Waals surface area contributed by atoms with E-state index in [1.165, 1.54) is 0 Å². The first kappa shape index (κ1) is 9.22. The van der Waals surface area contributed by atoms with E-state index >= 15 is 0 Å².